The number of piperidine rings is 1. The van der Waals surface area contributed by atoms with Gasteiger partial charge in [0.15, 0.2) is 0 Å². The Morgan fingerprint density at radius 2 is 1.92 bits per heavy atom. The second-order valence-corrected chi connectivity index (χ2v) is 4.16. The summed E-state index contributed by atoms with van der Waals surface area (Å²) in [4.78, 5) is 2.41. The third kappa shape index (κ3) is 4.63. The van der Waals surface area contributed by atoms with Crippen molar-refractivity contribution in [1.29, 1.82) is 0 Å². The lowest BCUT2D eigenvalue weighted by molar-refractivity contribution is 0.0931. The summed E-state index contributed by atoms with van der Waals surface area (Å²) in [5.41, 5.74) is 0. The topological polar surface area (TPSA) is 23.5 Å². The Kier molecular flexibility index (Phi) is 5.40. The van der Waals surface area contributed by atoms with Crippen molar-refractivity contribution in [2.45, 2.75) is 51.6 Å². The number of unbranched alkanes of at least 4 members (excludes halogenated alkanes) is 1. The first kappa shape index (κ1) is 11.0. The molecule has 1 unspecified atom stereocenters. The minimum absolute atomic E-state index is 0.0851. The van der Waals surface area contributed by atoms with Gasteiger partial charge >= 0.3 is 0 Å². The van der Waals surface area contributed by atoms with E-state index < -0.39 is 0 Å². The van der Waals surface area contributed by atoms with Crippen LogP contribution in [0.25, 0.3) is 0 Å². The van der Waals surface area contributed by atoms with E-state index in [0.29, 0.717) is 0 Å². The molecule has 2 heteroatoms. The van der Waals surface area contributed by atoms with Gasteiger partial charge in [-0.15, -0.1) is 0 Å². The lowest BCUT2D eigenvalue weighted by atomic mass is 10.1. The molecule has 13 heavy (non-hydrogen) atoms. The summed E-state index contributed by atoms with van der Waals surface area (Å²) in [6, 6.07) is 0. The van der Waals surface area contributed by atoms with Gasteiger partial charge in [0.05, 0.1) is 6.10 Å². The molecule has 0 aromatic heterocycles. The van der Waals surface area contributed by atoms with Gasteiger partial charge in [-0.1, -0.05) is 26.2 Å². The summed E-state index contributed by atoms with van der Waals surface area (Å²) in [7, 11) is 0. The fraction of sp³-hybridized carbons (Fsp3) is 1.00. The SMILES string of the molecule is CCCCC(O)CN1CCCCC1. The van der Waals surface area contributed by atoms with Gasteiger partial charge in [-0.3, -0.25) is 0 Å². The average molecular weight is 185 g/mol. The van der Waals surface area contributed by atoms with E-state index in [9.17, 15) is 5.11 Å². The highest BCUT2D eigenvalue weighted by Crippen LogP contribution is 2.10. The highest BCUT2D eigenvalue weighted by Gasteiger charge is 2.13. The molecule has 1 atom stereocenters. The third-order valence-electron chi connectivity index (χ3n) is 2.81. The Morgan fingerprint density at radius 1 is 1.23 bits per heavy atom. The molecule has 0 aliphatic carbocycles. The van der Waals surface area contributed by atoms with E-state index in [1.54, 1.807) is 0 Å². The molecule has 1 saturated heterocycles. The van der Waals surface area contributed by atoms with Gasteiger partial charge in [-0.2, -0.15) is 0 Å². The van der Waals surface area contributed by atoms with Crippen LogP contribution in [0.15, 0.2) is 0 Å². The molecule has 1 heterocycles. The predicted molar refractivity (Wildman–Crippen MR) is 55.8 cm³/mol. The Morgan fingerprint density at radius 3 is 2.54 bits per heavy atom. The van der Waals surface area contributed by atoms with Gasteiger partial charge in [0.25, 0.3) is 0 Å². The Hall–Kier alpha value is -0.0800. The zero-order valence-corrected chi connectivity index (χ0v) is 8.84. The van der Waals surface area contributed by atoms with Gasteiger partial charge in [0, 0.05) is 6.54 Å². The van der Waals surface area contributed by atoms with Gasteiger partial charge in [0.2, 0.25) is 0 Å². The molecule has 1 aliphatic heterocycles. The van der Waals surface area contributed by atoms with E-state index >= 15 is 0 Å². The number of hydrogen-bond donors (Lipinski definition) is 1. The van der Waals surface area contributed by atoms with Gasteiger partial charge in [-0.25, -0.2) is 0 Å². The second-order valence-electron chi connectivity index (χ2n) is 4.16. The van der Waals surface area contributed by atoms with E-state index in [0.717, 1.165) is 19.4 Å². The quantitative estimate of drug-likeness (QED) is 0.708. The van der Waals surface area contributed by atoms with Crippen LogP contribution in [0, 0.1) is 0 Å². The molecule has 0 saturated carbocycles. The molecule has 1 N–H and O–H groups in total. The summed E-state index contributed by atoms with van der Waals surface area (Å²) < 4.78 is 0. The molecule has 0 bridgehead atoms. The number of hydrogen-bond acceptors (Lipinski definition) is 2. The van der Waals surface area contributed by atoms with E-state index in [1.807, 2.05) is 0 Å². The molecule has 1 aliphatic rings. The number of rotatable bonds is 5. The number of likely N-dealkylation sites (tertiary alicyclic amines) is 1. The fourth-order valence-corrected chi connectivity index (χ4v) is 1.97. The van der Waals surface area contributed by atoms with Crippen LogP contribution in [-0.2, 0) is 0 Å². The number of aliphatic hydroxyl groups is 1. The van der Waals surface area contributed by atoms with Crippen molar-refractivity contribution in [3.63, 3.8) is 0 Å². The maximum absolute atomic E-state index is 9.69. The number of aliphatic hydroxyl groups excluding tert-OH is 1. The molecule has 2 nitrogen and oxygen atoms in total. The Labute approximate surface area is 81.9 Å². The third-order valence-corrected chi connectivity index (χ3v) is 2.81. The molecule has 0 aromatic carbocycles. The summed E-state index contributed by atoms with van der Waals surface area (Å²) in [5.74, 6) is 0. The van der Waals surface area contributed by atoms with E-state index in [2.05, 4.69) is 11.8 Å². The predicted octanol–water partition coefficient (Wildman–Crippen LogP) is 2.02. The zero-order chi connectivity index (χ0) is 9.52. The average Bonchev–Trinajstić information content (AvgIpc) is 2.16. The molecular weight excluding hydrogens is 162 g/mol. The van der Waals surface area contributed by atoms with Crippen LogP contribution in [0.3, 0.4) is 0 Å². The summed E-state index contributed by atoms with van der Waals surface area (Å²) in [5, 5.41) is 9.69. The molecule has 0 radical (unpaired) electrons. The highest BCUT2D eigenvalue weighted by atomic mass is 16.3. The van der Waals surface area contributed by atoms with Crippen molar-refractivity contribution in [1.82, 2.24) is 4.90 Å². The number of nitrogens with zero attached hydrogens (tertiary/aromatic N) is 1. The van der Waals surface area contributed by atoms with Crippen LogP contribution < -0.4 is 0 Å². The monoisotopic (exact) mass is 185 g/mol. The highest BCUT2D eigenvalue weighted by molar-refractivity contribution is 4.68. The zero-order valence-electron chi connectivity index (χ0n) is 8.84. The normalized spacial score (nSPS) is 21.7. The van der Waals surface area contributed by atoms with Crippen molar-refractivity contribution < 1.29 is 5.11 Å². The van der Waals surface area contributed by atoms with E-state index in [1.165, 1.54) is 38.8 Å². The molecule has 0 amide bonds. The minimum Gasteiger partial charge on any atom is -0.392 e. The molecule has 78 valence electrons. The largest absolute Gasteiger partial charge is 0.392 e. The summed E-state index contributed by atoms with van der Waals surface area (Å²) in [6.45, 7) is 5.47. The van der Waals surface area contributed by atoms with Gasteiger partial charge < -0.3 is 10.0 Å². The van der Waals surface area contributed by atoms with Crippen molar-refractivity contribution in [2.75, 3.05) is 19.6 Å². The van der Waals surface area contributed by atoms with Crippen LogP contribution in [0.4, 0.5) is 0 Å². The van der Waals surface area contributed by atoms with Crippen LogP contribution in [0.1, 0.15) is 45.4 Å². The first-order valence-corrected chi connectivity index (χ1v) is 5.73. The Balaban J connectivity index is 2.07. The molecular formula is C11H23NO. The molecule has 0 aromatic rings. The van der Waals surface area contributed by atoms with Crippen LogP contribution in [0.2, 0.25) is 0 Å². The lowest BCUT2D eigenvalue weighted by Crippen LogP contribution is -2.36. The number of β-amino-alcohol motifs (C(OH)–C–C–N with tert-alkyl or cyclic N) is 1. The van der Waals surface area contributed by atoms with Crippen LogP contribution in [0.5, 0.6) is 0 Å². The Bertz CT molecular complexity index is 121. The maximum atomic E-state index is 9.69. The standard InChI is InChI=1S/C11H23NO/c1-2-3-7-11(13)10-12-8-5-4-6-9-12/h11,13H,2-10H2,1H3. The second kappa shape index (κ2) is 6.39. The minimum atomic E-state index is -0.0851. The first-order valence-electron chi connectivity index (χ1n) is 5.73. The molecule has 0 spiro atoms. The van der Waals surface area contributed by atoms with Crippen molar-refractivity contribution >= 4 is 0 Å². The molecule has 1 fully saturated rings. The van der Waals surface area contributed by atoms with Crippen LogP contribution in [-0.4, -0.2) is 35.7 Å². The van der Waals surface area contributed by atoms with E-state index in [4.69, 9.17) is 0 Å². The summed E-state index contributed by atoms with van der Waals surface area (Å²) in [6.07, 6.45) is 7.26. The lowest BCUT2D eigenvalue weighted by Gasteiger charge is -2.28. The fourth-order valence-electron chi connectivity index (χ4n) is 1.97. The molecule has 1 rings (SSSR count). The van der Waals surface area contributed by atoms with E-state index in [-0.39, 0.29) is 6.10 Å². The van der Waals surface area contributed by atoms with Gasteiger partial charge in [0.1, 0.15) is 0 Å². The summed E-state index contributed by atoms with van der Waals surface area (Å²) >= 11 is 0. The van der Waals surface area contributed by atoms with Crippen molar-refractivity contribution in [3.05, 3.63) is 0 Å². The van der Waals surface area contributed by atoms with Crippen molar-refractivity contribution in [2.24, 2.45) is 0 Å². The van der Waals surface area contributed by atoms with Gasteiger partial charge in [-0.05, 0) is 32.4 Å². The maximum Gasteiger partial charge on any atom is 0.0667 e. The van der Waals surface area contributed by atoms with Crippen LogP contribution >= 0.6 is 0 Å². The van der Waals surface area contributed by atoms with Crippen molar-refractivity contribution in [3.8, 4) is 0 Å². The first-order chi connectivity index (χ1) is 6.33. The smallest absolute Gasteiger partial charge is 0.0667 e.